The number of benzene rings is 2. The summed E-state index contributed by atoms with van der Waals surface area (Å²) in [5.74, 6) is -2.61. The number of para-hydroxylation sites is 2. The fourth-order valence-corrected chi connectivity index (χ4v) is 2.92. The standard InChI is InChI=1S/C17H10N2O4/c20-14-10-5-1-3-7-12(10)18(16(14)22)9-19-13-8-4-2-6-11(13)15(21)17(19)23/h1-8H,9H2. The quantitative estimate of drug-likeness (QED) is 0.786. The van der Waals surface area contributed by atoms with Crippen LogP contribution < -0.4 is 9.80 Å². The highest BCUT2D eigenvalue weighted by Gasteiger charge is 2.41. The van der Waals surface area contributed by atoms with Crippen LogP contribution in [0.25, 0.3) is 0 Å². The number of hydrogen-bond acceptors (Lipinski definition) is 4. The lowest BCUT2D eigenvalue weighted by molar-refractivity contribution is -0.115. The Morgan fingerprint density at radius 1 is 0.609 bits per heavy atom. The van der Waals surface area contributed by atoms with Crippen molar-refractivity contribution in [3.05, 3.63) is 59.7 Å². The third kappa shape index (κ3) is 1.75. The van der Waals surface area contributed by atoms with Crippen molar-refractivity contribution < 1.29 is 19.2 Å². The normalized spacial score (nSPS) is 16.2. The lowest BCUT2D eigenvalue weighted by Crippen LogP contribution is -2.43. The Labute approximate surface area is 130 Å². The molecule has 23 heavy (non-hydrogen) atoms. The molecule has 0 saturated heterocycles. The third-order valence-electron chi connectivity index (χ3n) is 4.04. The summed E-state index contributed by atoms with van der Waals surface area (Å²) in [4.78, 5) is 50.9. The first-order valence-electron chi connectivity index (χ1n) is 7.00. The summed E-state index contributed by atoms with van der Waals surface area (Å²) in [6, 6.07) is 13.2. The molecule has 2 aliphatic heterocycles. The van der Waals surface area contributed by atoms with Crippen LogP contribution in [0.1, 0.15) is 20.7 Å². The molecule has 112 valence electrons. The largest absolute Gasteiger partial charge is 0.300 e. The van der Waals surface area contributed by atoms with Crippen LogP contribution in [0.15, 0.2) is 48.5 Å². The highest BCUT2D eigenvalue weighted by atomic mass is 16.2. The topological polar surface area (TPSA) is 74.8 Å². The van der Waals surface area contributed by atoms with Gasteiger partial charge < -0.3 is 0 Å². The average Bonchev–Trinajstić information content (AvgIpc) is 2.97. The Bertz CT molecular complexity index is 829. The van der Waals surface area contributed by atoms with Crippen LogP contribution in [0.3, 0.4) is 0 Å². The number of hydrogen-bond donors (Lipinski definition) is 0. The number of carbonyl (C=O) groups is 4. The van der Waals surface area contributed by atoms with Crippen LogP contribution in [0.4, 0.5) is 11.4 Å². The average molecular weight is 306 g/mol. The fourth-order valence-electron chi connectivity index (χ4n) is 2.92. The summed E-state index contributed by atoms with van der Waals surface area (Å²) >= 11 is 0. The SMILES string of the molecule is O=C1C(=O)N(CN2C(=O)C(=O)c3ccccc32)c2ccccc21. The minimum absolute atomic E-state index is 0.164. The number of Topliss-reactive ketones (excluding diaryl/α,β-unsaturated/α-hetero) is 2. The van der Waals surface area contributed by atoms with Crippen LogP contribution in [0, 0.1) is 0 Å². The number of nitrogens with zero attached hydrogens (tertiary/aromatic N) is 2. The maximum Gasteiger partial charge on any atom is 0.300 e. The molecule has 2 aromatic rings. The molecule has 0 aromatic heterocycles. The van der Waals surface area contributed by atoms with Gasteiger partial charge in [-0.05, 0) is 24.3 Å². The molecule has 0 N–H and O–H groups in total. The van der Waals surface area contributed by atoms with E-state index in [-0.39, 0.29) is 6.67 Å². The molecular weight excluding hydrogens is 296 g/mol. The molecule has 4 rings (SSSR count). The summed E-state index contributed by atoms with van der Waals surface area (Å²) in [5, 5.41) is 0. The smallest absolute Gasteiger partial charge is 0.286 e. The van der Waals surface area contributed by atoms with Crippen LogP contribution >= 0.6 is 0 Å². The van der Waals surface area contributed by atoms with E-state index in [4.69, 9.17) is 0 Å². The lowest BCUT2D eigenvalue weighted by Gasteiger charge is -2.24. The number of amides is 2. The van der Waals surface area contributed by atoms with Crippen molar-refractivity contribution in [1.29, 1.82) is 0 Å². The molecule has 0 aliphatic carbocycles. The summed E-state index contributed by atoms with van der Waals surface area (Å²) in [6.07, 6.45) is 0. The molecule has 6 heteroatoms. The lowest BCUT2D eigenvalue weighted by atomic mass is 10.1. The van der Waals surface area contributed by atoms with E-state index in [9.17, 15) is 19.2 Å². The molecule has 0 radical (unpaired) electrons. The zero-order chi connectivity index (χ0) is 16.1. The van der Waals surface area contributed by atoms with Crippen molar-refractivity contribution in [2.24, 2.45) is 0 Å². The van der Waals surface area contributed by atoms with Crippen molar-refractivity contribution in [3.63, 3.8) is 0 Å². The van der Waals surface area contributed by atoms with Crippen molar-refractivity contribution in [2.75, 3.05) is 16.5 Å². The summed E-state index contributed by atoms with van der Waals surface area (Å²) in [5.41, 5.74) is 1.52. The fraction of sp³-hybridized carbons (Fsp3) is 0.0588. The van der Waals surface area contributed by atoms with Gasteiger partial charge >= 0.3 is 11.8 Å². The first kappa shape index (κ1) is 13.4. The highest BCUT2D eigenvalue weighted by Crippen LogP contribution is 2.33. The van der Waals surface area contributed by atoms with Gasteiger partial charge in [-0.2, -0.15) is 0 Å². The summed E-state index contributed by atoms with van der Waals surface area (Å²) in [7, 11) is 0. The van der Waals surface area contributed by atoms with Gasteiger partial charge in [0.1, 0.15) is 6.67 Å². The maximum absolute atomic E-state index is 12.2. The van der Waals surface area contributed by atoms with Crippen molar-refractivity contribution in [1.82, 2.24) is 0 Å². The minimum Gasteiger partial charge on any atom is -0.286 e. The molecule has 0 atom stereocenters. The van der Waals surface area contributed by atoms with Gasteiger partial charge in [0.2, 0.25) is 0 Å². The predicted molar refractivity (Wildman–Crippen MR) is 81.4 cm³/mol. The molecule has 2 heterocycles. The number of rotatable bonds is 2. The number of ketones is 2. The Hall–Kier alpha value is -3.28. The van der Waals surface area contributed by atoms with Gasteiger partial charge in [0.25, 0.3) is 11.6 Å². The molecule has 2 amide bonds. The molecule has 2 aliphatic rings. The van der Waals surface area contributed by atoms with Crippen molar-refractivity contribution >= 4 is 34.8 Å². The van der Waals surface area contributed by atoms with Gasteiger partial charge in [-0.25, -0.2) is 0 Å². The number of anilines is 2. The second kappa shape index (κ2) is 4.61. The van der Waals surface area contributed by atoms with Crippen LogP contribution in [0.2, 0.25) is 0 Å². The Kier molecular flexibility index (Phi) is 2.68. The molecule has 0 bridgehead atoms. The van der Waals surface area contributed by atoms with E-state index in [1.807, 2.05) is 0 Å². The Morgan fingerprint density at radius 2 is 1.00 bits per heavy atom. The van der Waals surface area contributed by atoms with Crippen molar-refractivity contribution in [3.8, 4) is 0 Å². The first-order valence-corrected chi connectivity index (χ1v) is 7.00. The van der Waals surface area contributed by atoms with Crippen LogP contribution in [-0.2, 0) is 9.59 Å². The van der Waals surface area contributed by atoms with E-state index in [0.29, 0.717) is 22.5 Å². The Balaban J connectivity index is 1.75. The maximum atomic E-state index is 12.2. The van der Waals surface area contributed by atoms with Gasteiger partial charge in [0, 0.05) is 0 Å². The monoisotopic (exact) mass is 306 g/mol. The Morgan fingerprint density at radius 3 is 1.43 bits per heavy atom. The van der Waals surface area contributed by atoms with E-state index in [0.717, 1.165) is 0 Å². The van der Waals surface area contributed by atoms with Gasteiger partial charge in [0.15, 0.2) is 0 Å². The molecule has 6 nitrogen and oxygen atoms in total. The highest BCUT2D eigenvalue weighted by molar-refractivity contribution is 6.54. The second-order valence-electron chi connectivity index (χ2n) is 5.30. The minimum atomic E-state index is -0.698. The van der Waals surface area contributed by atoms with E-state index >= 15 is 0 Å². The summed E-state index contributed by atoms with van der Waals surface area (Å²) < 4.78 is 0. The van der Waals surface area contributed by atoms with Gasteiger partial charge in [-0.3, -0.25) is 29.0 Å². The molecule has 0 spiro atoms. The predicted octanol–water partition coefficient (Wildman–Crippen LogP) is 1.40. The summed E-state index contributed by atoms with van der Waals surface area (Å²) in [6.45, 7) is -0.164. The van der Waals surface area contributed by atoms with E-state index in [2.05, 4.69) is 0 Å². The molecule has 0 unspecified atom stereocenters. The van der Waals surface area contributed by atoms with Gasteiger partial charge in [-0.1, -0.05) is 24.3 Å². The molecule has 0 saturated carbocycles. The second-order valence-corrected chi connectivity index (χ2v) is 5.30. The third-order valence-corrected chi connectivity index (χ3v) is 4.04. The van der Waals surface area contributed by atoms with Crippen LogP contribution in [0.5, 0.6) is 0 Å². The van der Waals surface area contributed by atoms with Gasteiger partial charge in [0.05, 0.1) is 22.5 Å². The number of fused-ring (bicyclic) bond motifs is 2. The van der Waals surface area contributed by atoms with Crippen molar-refractivity contribution in [2.45, 2.75) is 0 Å². The van der Waals surface area contributed by atoms with Gasteiger partial charge in [-0.15, -0.1) is 0 Å². The van der Waals surface area contributed by atoms with E-state index < -0.39 is 23.4 Å². The zero-order valence-corrected chi connectivity index (χ0v) is 11.9. The van der Waals surface area contributed by atoms with Crippen LogP contribution in [-0.4, -0.2) is 30.0 Å². The molecule has 2 aromatic carbocycles. The molecular formula is C17H10N2O4. The zero-order valence-electron chi connectivity index (χ0n) is 11.9. The van der Waals surface area contributed by atoms with E-state index in [1.165, 1.54) is 9.80 Å². The first-order chi connectivity index (χ1) is 11.1. The number of carbonyl (C=O) groups excluding carboxylic acids is 4. The van der Waals surface area contributed by atoms with E-state index in [1.54, 1.807) is 48.5 Å². The molecule has 0 fully saturated rings.